The van der Waals surface area contributed by atoms with Gasteiger partial charge >= 0.3 is 12.1 Å². The molecule has 0 saturated carbocycles. The number of nitrogens with one attached hydrogen (secondary N) is 1. The van der Waals surface area contributed by atoms with Gasteiger partial charge < -0.3 is 19.9 Å². The Hall–Kier alpha value is -4.06. The van der Waals surface area contributed by atoms with Crippen LogP contribution in [0.3, 0.4) is 0 Å². The van der Waals surface area contributed by atoms with Gasteiger partial charge in [0.15, 0.2) is 0 Å². The predicted octanol–water partition coefficient (Wildman–Crippen LogP) is 7.77. The van der Waals surface area contributed by atoms with Crippen LogP contribution in [-0.2, 0) is 15.8 Å². The fourth-order valence-corrected chi connectivity index (χ4v) is 7.15. The van der Waals surface area contributed by atoms with Gasteiger partial charge in [-0.05, 0) is 106 Å². The molecule has 7 nitrogen and oxygen atoms in total. The Morgan fingerprint density at radius 1 is 1.00 bits per heavy atom. The van der Waals surface area contributed by atoms with Gasteiger partial charge in [0, 0.05) is 29.9 Å². The van der Waals surface area contributed by atoms with E-state index in [1.165, 1.54) is 13.0 Å². The number of carbonyl (C=O) groups excluding carboxylic acids is 1. The Bertz CT molecular complexity index is 1780. The number of aromatic nitrogens is 1. The molecule has 1 aliphatic rings. The third-order valence-electron chi connectivity index (χ3n) is 9.22. The highest BCUT2D eigenvalue weighted by Gasteiger charge is 2.39. The van der Waals surface area contributed by atoms with Crippen molar-refractivity contribution in [1.82, 2.24) is 14.8 Å². The van der Waals surface area contributed by atoms with Gasteiger partial charge in [0.1, 0.15) is 17.7 Å². The molecule has 49 heavy (non-hydrogen) atoms. The minimum Gasteiger partial charge on any atom is -0.481 e. The molecule has 3 aromatic rings. The third-order valence-corrected chi connectivity index (χ3v) is 9.22. The highest BCUT2D eigenvalue weighted by molar-refractivity contribution is 5.82. The van der Waals surface area contributed by atoms with Crippen LogP contribution >= 0.6 is 0 Å². The monoisotopic (exact) mass is 689 g/mol. The summed E-state index contributed by atoms with van der Waals surface area (Å²) in [7, 11) is 1.80. The summed E-state index contributed by atoms with van der Waals surface area (Å²) < 4.78 is 76.0. The molecule has 1 saturated heterocycles. The van der Waals surface area contributed by atoms with Crippen molar-refractivity contribution < 1.29 is 36.6 Å². The molecule has 0 radical (unpaired) electrons. The Morgan fingerprint density at radius 3 is 2.18 bits per heavy atom. The van der Waals surface area contributed by atoms with Crippen molar-refractivity contribution in [1.29, 1.82) is 0 Å². The van der Waals surface area contributed by atoms with Crippen molar-refractivity contribution in [3.8, 4) is 11.1 Å². The number of likely N-dealkylation sites (N-methyl/N-ethyl adjacent to an activating group) is 1. The van der Waals surface area contributed by atoms with Crippen LogP contribution in [0.15, 0.2) is 35.3 Å². The van der Waals surface area contributed by atoms with Crippen molar-refractivity contribution in [2.75, 3.05) is 20.1 Å². The van der Waals surface area contributed by atoms with Crippen LogP contribution < -0.4 is 10.9 Å². The molecule has 266 valence electrons. The Kier molecular flexibility index (Phi) is 11.4. The van der Waals surface area contributed by atoms with Gasteiger partial charge in [-0.2, -0.15) is 13.2 Å². The highest BCUT2D eigenvalue weighted by atomic mass is 19.4. The number of hydrogen-bond donors (Lipinski definition) is 2. The number of carbonyl (C=O) groups is 2. The quantitative estimate of drug-likeness (QED) is 0.212. The molecule has 2 heterocycles. The number of alkyl halides is 3. The summed E-state index contributed by atoms with van der Waals surface area (Å²) in [6.07, 6.45) is -3.57. The minimum atomic E-state index is -4.82. The van der Waals surface area contributed by atoms with Crippen molar-refractivity contribution in [2.45, 2.75) is 91.4 Å². The fourth-order valence-electron chi connectivity index (χ4n) is 7.15. The zero-order chi connectivity index (χ0) is 36.5. The van der Waals surface area contributed by atoms with Crippen molar-refractivity contribution in [2.24, 2.45) is 5.92 Å². The topological polar surface area (TPSA) is 91.6 Å². The number of carboxylic acid groups (broad SMARTS) is 1. The summed E-state index contributed by atoms with van der Waals surface area (Å²) >= 11 is 0. The van der Waals surface area contributed by atoms with Gasteiger partial charge in [0.05, 0.1) is 18.0 Å². The van der Waals surface area contributed by atoms with E-state index in [0.29, 0.717) is 48.7 Å². The second-order valence-electron chi connectivity index (χ2n) is 13.8. The number of amides is 1. The van der Waals surface area contributed by atoms with Gasteiger partial charge in [0.2, 0.25) is 5.91 Å². The standard InChI is InChI=1S/C37H44F5N3O4/c1-19(2)11-29(45-18-26(24-9-8-10-44(7)17-24)27(15-30(45)46)37(40,41)42)36(49)43-28(16-31(47)48)33-34(38)23(6)14-25(35(33)39)32-21(4)12-20(3)13-22(32)5/h12-15,18-19,24,28-29H,8-11,16-17H2,1-7H3,(H,43,49)(H,47,48)/t24?,28-,29-/m0/s1. The summed E-state index contributed by atoms with van der Waals surface area (Å²) in [6.45, 7) is 11.4. The molecule has 0 bridgehead atoms. The largest absolute Gasteiger partial charge is 0.481 e. The van der Waals surface area contributed by atoms with Gasteiger partial charge in [0.25, 0.3) is 5.56 Å². The molecule has 0 spiro atoms. The number of rotatable bonds is 10. The average Bonchev–Trinajstić information content (AvgIpc) is 2.97. The number of nitrogens with zero attached hydrogens (tertiary/aromatic N) is 2. The number of piperidine rings is 1. The molecule has 2 aromatic carbocycles. The lowest BCUT2D eigenvalue weighted by Gasteiger charge is -2.32. The number of aryl methyl sites for hydroxylation is 4. The Labute approximate surface area is 283 Å². The van der Waals surface area contributed by atoms with Crippen LogP contribution in [0, 0.1) is 45.2 Å². The van der Waals surface area contributed by atoms with Crippen molar-refractivity contribution >= 4 is 11.9 Å². The second kappa shape index (κ2) is 14.8. The molecule has 1 aliphatic heterocycles. The Balaban J connectivity index is 1.86. The summed E-state index contributed by atoms with van der Waals surface area (Å²) in [5, 5.41) is 12.3. The fraction of sp³-hybridized carbons (Fsp3) is 0.486. The van der Waals surface area contributed by atoms with E-state index in [-0.39, 0.29) is 29.0 Å². The number of benzene rings is 2. The first-order valence-corrected chi connectivity index (χ1v) is 16.4. The first kappa shape index (κ1) is 37.8. The smallest absolute Gasteiger partial charge is 0.416 e. The zero-order valence-electron chi connectivity index (χ0n) is 28.9. The molecule has 1 amide bonds. The molecule has 12 heteroatoms. The van der Waals surface area contributed by atoms with Crippen molar-refractivity contribution in [3.63, 3.8) is 0 Å². The van der Waals surface area contributed by atoms with E-state index in [1.807, 2.05) is 24.0 Å². The molecule has 1 unspecified atom stereocenters. The van der Waals surface area contributed by atoms with Crippen LogP contribution in [0.1, 0.15) is 96.5 Å². The predicted molar refractivity (Wildman–Crippen MR) is 178 cm³/mol. The summed E-state index contributed by atoms with van der Waals surface area (Å²) in [4.78, 5) is 41.4. The van der Waals surface area contributed by atoms with E-state index in [4.69, 9.17) is 0 Å². The molecular weight excluding hydrogens is 645 g/mol. The number of likely N-dealkylation sites (tertiary alicyclic amines) is 1. The van der Waals surface area contributed by atoms with E-state index >= 15 is 8.78 Å². The number of carboxylic acids is 1. The maximum atomic E-state index is 16.5. The number of hydrogen-bond acceptors (Lipinski definition) is 4. The SMILES string of the molecule is Cc1cc(C)c(-c2cc(C)c(F)c([C@H](CC(=O)O)NC(=O)[C@H](CC(C)C)n3cc(C4CCCN(C)C4)c(C(F)(F)F)cc3=O)c2F)c(C)c1. The average molecular weight is 690 g/mol. The molecule has 3 atom stereocenters. The number of pyridine rings is 1. The molecule has 0 aliphatic carbocycles. The van der Waals surface area contributed by atoms with E-state index in [0.717, 1.165) is 16.3 Å². The number of halogens is 5. The lowest BCUT2D eigenvalue weighted by atomic mass is 9.88. The van der Waals surface area contributed by atoms with E-state index in [1.54, 1.807) is 34.7 Å². The maximum Gasteiger partial charge on any atom is 0.416 e. The van der Waals surface area contributed by atoms with E-state index in [9.17, 15) is 32.7 Å². The number of aliphatic carboxylic acids is 1. The van der Waals surface area contributed by atoms with E-state index < -0.39 is 70.8 Å². The van der Waals surface area contributed by atoms with Crippen LogP contribution in [0.25, 0.3) is 11.1 Å². The second-order valence-corrected chi connectivity index (χ2v) is 13.8. The van der Waals surface area contributed by atoms with Crippen LogP contribution in [-0.4, -0.2) is 46.6 Å². The first-order chi connectivity index (χ1) is 22.8. The molecule has 4 rings (SSSR count). The van der Waals surface area contributed by atoms with Crippen LogP contribution in [0.4, 0.5) is 22.0 Å². The van der Waals surface area contributed by atoms with Gasteiger partial charge in [-0.1, -0.05) is 31.5 Å². The zero-order valence-corrected chi connectivity index (χ0v) is 28.9. The normalized spacial score (nSPS) is 16.9. The molecular formula is C37H44F5N3O4. The molecule has 1 fully saturated rings. The summed E-state index contributed by atoms with van der Waals surface area (Å²) in [5.74, 6) is -5.29. The molecule has 1 aromatic heterocycles. The third kappa shape index (κ3) is 8.40. The lowest BCUT2D eigenvalue weighted by molar-refractivity contribution is -0.139. The highest BCUT2D eigenvalue weighted by Crippen LogP contribution is 2.39. The lowest BCUT2D eigenvalue weighted by Crippen LogP contribution is -2.41. The summed E-state index contributed by atoms with van der Waals surface area (Å²) in [6, 6.07) is 2.41. The maximum absolute atomic E-state index is 16.5. The van der Waals surface area contributed by atoms with E-state index in [2.05, 4.69) is 5.32 Å². The molecule has 2 N–H and O–H groups in total. The van der Waals surface area contributed by atoms with Crippen LogP contribution in [0.5, 0.6) is 0 Å². The summed E-state index contributed by atoms with van der Waals surface area (Å²) in [5.41, 5.74) is 0.00660. The van der Waals surface area contributed by atoms with Gasteiger partial charge in [-0.15, -0.1) is 0 Å². The van der Waals surface area contributed by atoms with Crippen LogP contribution in [0.2, 0.25) is 0 Å². The van der Waals surface area contributed by atoms with Crippen molar-refractivity contribution in [3.05, 3.63) is 91.4 Å². The Morgan fingerprint density at radius 2 is 1.63 bits per heavy atom. The minimum absolute atomic E-state index is 0.0211. The van der Waals surface area contributed by atoms with Gasteiger partial charge in [-0.25, -0.2) is 8.78 Å². The van der Waals surface area contributed by atoms with Gasteiger partial charge in [-0.3, -0.25) is 14.4 Å². The first-order valence-electron chi connectivity index (χ1n) is 16.4.